The average Bonchev–Trinajstić information content (AvgIpc) is 2.92. The van der Waals surface area contributed by atoms with Crippen LogP contribution in [0.2, 0.25) is 0 Å². The van der Waals surface area contributed by atoms with E-state index in [1.807, 2.05) is 74.6 Å². The molecule has 0 radical (unpaired) electrons. The van der Waals surface area contributed by atoms with Crippen LogP contribution in [0.25, 0.3) is 0 Å². The zero-order chi connectivity index (χ0) is 28.9. The number of rotatable bonds is 4. The highest BCUT2D eigenvalue weighted by Gasteiger charge is 1.96. The van der Waals surface area contributed by atoms with Gasteiger partial charge in [-0.15, -0.1) is 0 Å². The first-order valence-corrected chi connectivity index (χ1v) is 11.7. The molecule has 0 aliphatic heterocycles. The Hall–Kier alpha value is -4.12. The molecule has 0 bridgehead atoms. The first kappa shape index (κ1) is 37.4. The Morgan fingerprint density at radius 3 is 1.08 bits per heavy atom. The lowest BCUT2D eigenvalue weighted by molar-refractivity contribution is 0.0696. The molecule has 3 aromatic carbocycles. The van der Waals surface area contributed by atoms with E-state index in [0.29, 0.717) is 5.56 Å². The topological polar surface area (TPSA) is 133 Å². The first-order valence-electron chi connectivity index (χ1n) is 11.7. The Morgan fingerprint density at radius 2 is 0.973 bits per heavy atom. The number of nitriles is 1. The molecule has 0 saturated heterocycles. The number of carbonyl (C=O) groups is 3. The van der Waals surface area contributed by atoms with Crippen molar-refractivity contribution < 1.29 is 19.5 Å². The summed E-state index contributed by atoms with van der Waals surface area (Å²) in [7, 11) is 1.93. The lowest BCUT2D eigenvalue weighted by atomic mass is 10.2. The highest BCUT2D eigenvalue weighted by molar-refractivity contribution is 5.94. The third kappa shape index (κ3) is 26.3. The third-order valence-corrected chi connectivity index (χ3v) is 3.73. The lowest BCUT2D eigenvalue weighted by Crippen LogP contribution is -2.01. The van der Waals surface area contributed by atoms with Crippen molar-refractivity contribution in [2.75, 3.05) is 20.1 Å². The summed E-state index contributed by atoms with van der Waals surface area (Å²) in [5.41, 5.74) is 6.73. The second-order valence-electron chi connectivity index (χ2n) is 6.85. The minimum Gasteiger partial charge on any atom is -0.478 e. The Bertz CT molecular complexity index is 868. The number of benzene rings is 3. The minimum atomic E-state index is -0.879. The molecule has 200 valence electrons. The van der Waals surface area contributed by atoms with Gasteiger partial charge in [0.05, 0.1) is 11.6 Å². The number of aromatic carboxylic acids is 1. The minimum absolute atomic E-state index is 0.121. The molecule has 0 unspecified atom stereocenters. The van der Waals surface area contributed by atoms with Crippen molar-refractivity contribution in [1.29, 1.82) is 5.26 Å². The molecule has 7 nitrogen and oxygen atoms in total. The fourth-order valence-electron chi connectivity index (χ4n) is 1.93. The van der Waals surface area contributed by atoms with Crippen LogP contribution in [-0.2, 0) is 0 Å². The van der Waals surface area contributed by atoms with Crippen LogP contribution in [0.1, 0.15) is 65.7 Å². The van der Waals surface area contributed by atoms with Crippen molar-refractivity contribution in [3.63, 3.8) is 0 Å². The second kappa shape index (κ2) is 28.1. The molecule has 4 N–H and O–H groups in total. The second-order valence-corrected chi connectivity index (χ2v) is 6.85. The van der Waals surface area contributed by atoms with E-state index in [-0.39, 0.29) is 11.6 Å². The largest absolute Gasteiger partial charge is 0.478 e. The lowest BCUT2D eigenvalue weighted by Gasteiger charge is -1.89. The fraction of sp³-hybridized carbons (Fsp3) is 0.267. The van der Waals surface area contributed by atoms with E-state index < -0.39 is 5.97 Å². The molecule has 0 spiro atoms. The summed E-state index contributed by atoms with van der Waals surface area (Å²) in [5.74, 6) is -0.637. The highest BCUT2D eigenvalue weighted by atomic mass is 16.4. The molecule has 7 heteroatoms. The molecule has 3 aromatic rings. The summed E-state index contributed by atoms with van der Waals surface area (Å²) in [6.45, 7) is 10.4. The van der Waals surface area contributed by atoms with Gasteiger partial charge in [-0.25, -0.2) is 4.79 Å². The van der Waals surface area contributed by atoms with Crippen LogP contribution in [0.3, 0.4) is 0 Å². The Labute approximate surface area is 222 Å². The molecule has 0 saturated carbocycles. The van der Waals surface area contributed by atoms with Crippen LogP contribution in [0.5, 0.6) is 0 Å². The molecule has 0 aliphatic rings. The van der Waals surface area contributed by atoms with Gasteiger partial charge in [0.1, 0.15) is 0 Å². The van der Waals surface area contributed by atoms with Gasteiger partial charge in [-0.2, -0.15) is 5.26 Å². The van der Waals surface area contributed by atoms with Gasteiger partial charge in [0.2, 0.25) is 0 Å². The molecule has 3 rings (SSSR count). The van der Waals surface area contributed by atoms with Gasteiger partial charge >= 0.3 is 5.97 Å². The number of nitrogens with one attached hydrogen (secondary N) is 1. The van der Waals surface area contributed by atoms with Gasteiger partial charge in [-0.05, 0) is 46.1 Å². The maximum Gasteiger partial charge on any atom is 0.335 e. The maximum absolute atomic E-state index is 10.6. The van der Waals surface area contributed by atoms with Crippen LogP contribution in [0.4, 0.5) is 0 Å². The molecule has 0 aliphatic carbocycles. The molecular formula is C30H41N3O4. The molecular weight excluding hydrogens is 466 g/mol. The number of Topliss-reactive ketones (excluding diaryl/α,β-unsaturated/α-hetero) is 2. The molecule has 0 aromatic heterocycles. The van der Waals surface area contributed by atoms with Gasteiger partial charge in [0, 0.05) is 18.1 Å². The van der Waals surface area contributed by atoms with Gasteiger partial charge in [-0.3, -0.25) is 9.59 Å². The van der Waals surface area contributed by atoms with Gasteiger partial charge in [0.15, 0.2) is 11.6 Å². The van der Waals surface area contributed by atoms with Crippen LogP contribution >= 0.6 is 0 Å². The molecule has 0 heterocycles. The fourth-order valence-corrected chi connectivity index (χ4v) is 1.93. The highest BCUT2D eigenvalue weighted by Crippen LogP contribution is 1.98. The molecule has 0 amide bonds. The summed E-state index contributed by atoms with van der Waals surface area (Å²) < 4.78 is 0. The third-order valence-electron chi connectivity index (χ3n) is 3.73. The summed E-state index contributed by atoms with van der Waals surface area (Å²) in [4.78, 5) is 31.5. The van der Waals surface area contributed by atoms with E-state index in [9.17, 15) is 14.4 Å². The Morgan fingerprint density at radius 1 is 0.757 bits per heavy atom. The van der Waals surface area contributed by atoms with E-state index in [1.54, 1.807) is 50.2 Å². The van der Waals surface area contributed by atoms with E-state index in [0.717, 1.165) is 24.2 Å². The standard InChI is InChI=1S/2C8H8O.C7H6O2.C3H9N.C2H7N.C2H3N/c2*1-7(9)8-5-3-2-4-6-8;8-7(9)6-4-2-1-3-5-6;1-3-4-2;2*1-2-3/h2*2-6H,1H3;1-5H,(H,8,9);4H,3H2,1-2H3;2-3H2,1H3;1H3. The number of carbonyl (C=O) groups excluding carboxylic acids is 2. The van der Waals surface area contributed by atoms with Crippen molar-refractivity contribution in [3.8, 4) is 6.07 Å². The zero-order valence-corrected chi connectivity index (χ0v) is 22.8. The molecule has 0 atom stereocenters. The van der Waals surface area contributed by atoms with Crippen LogP contribution < -0.4 is 11.1 Å². The van der Waals surface area contributed by atoms with E-state index in [4.69, 9.17) is 16.1 Å². The number of nitrogens with zero attached hydrogens (tertiary/aromatic N) is 1. The van der Waals surface area contributed by atoms with Gasteiger partial charge in [-0.1, -0.05) is 92.7 Å². The Balaban J connectivity index is -0.000000399. The monoisotopic (exact) mass is 507 g/mol. The van der Waals surface area contributed by atoms with Crippen molar-refractivity contribution in [1.82, 2.24) is 5.32 Å². The first-order chi connectivity index (χ1) is 17.7. The molecule has 37 heavy (non-hydrogen) atoms. The Kier molecular flexibility index (Phi) is 28.4. The maximum atomic E-state index is 10.6. The summed E-state index contributed by atoms with van der Waals surface area (Å²) in [6.07, 6.45) is 0. The van der Waals surface area contributed by atoms with Gasteiger partial charge in [0.25, 0.3) is 0 Å². The van der Waals surface area contributed by atoms with Crippen LogP contribution in [0.15, 0.2) is 91.0 Å². The van der Waals surface area contributed by atoms with Crippen molar-refractivity contribution >= 4 is 17.5 Å². The zero-order valence-electron chi connectivity index (χ0n) is 22.8. The molecule has 0 fully saturated rings. The quantitative estimate of drug-likeness (QED) is 0.375. The van der Waals surface area contributed by atoms with Crippen LogP contribution in [0, 0.1) is 11.3 Å². The average molecular weight is 508 g/mol. The predicted octanol–water partition coefficient (Wildman–Crippen LogP) is 5.88. The number of ketones is 2. The van der Waals surface area contributed by atoms with Crippen LogP contribution in [-0.4, -0.2) is 42.8 Å². The summed E-state index contributed by atoms with van der Waals surface area (Å²) >= 11 is 0. The van der Waals surface area contributed by atoms with Crippen molar-refractivity contribution in [2.24, 2.45) is 5.73 Å². The number of carboxylic acid groups (broad SMARTS) is 1. The smallest absolute Gasteiger partial charge is 0.335 e. The predicted molar refractivity (Wildman–Crippen MR) is 152 cm³/mol. The summed E-state index contributed by atoms with van der Waals surface area (Å²) in [5, 5.41) is 18.6. The number of carboxylic acids is 1. The van der Waals surface area contributed by atoms with E-state index in [1.165, 1.54) is 6.92 Å². The van der Waals surface area contributed by atoms with E-state index >= 15 is 0 Å². The summed E-state index contributed by atoms with van der Waals surface area (Å²) in [6, 6.07) is 28.5. The number of hydrogen-bond donors (Lipinski definition) is 3. The normalized spacial score (nSPS) is 8.05. The van der Waals surface area contributed by atoms with Crippen molar-refractivity contribution in [3.05, 3.63) is 108 Å². The number of nitrogens with two attached hydrogens (primary N) is 1. The van der Waals surface area contributed by atoms with E-state index in [2.05, 4.69) is 12.2 Å². The SMILES string of the molecule is CC#N.CC(=O)c1ccccc1.CC(=O)c1ccccc1.CCN.CCNC.O=C(O)c1ccccc1. The van der Waals surface area contributed by atoms with Gasteiger partial charge < -0.3 is 16.2 Å². The van der Waals surface area contributed by atoms with Crippen molar-refractivity contribution in [2.45, 2.75) is 34.6 Å². The number of hydrogen-bond acceptors (Lipinski definition) is 6.